The highest BCUT2D eigenvalue weighted by atomic mass is 16.5. The van der Waals surface area contributed by atoms with Crippen LogP contribution in [-0.2, 0) is 9.53 Å². The highest BCUT2D eigenvalue weighted by Crippen LogP contribution is 2.20. The van der Waals surface area contributed by atoms with Crippen molar-refractivity contribution in [3.8, 4) is 0 Å². The number of aliphatic hydroxyl groups is 1. The van der Waals surface area contributed by atoms with Crippen molar-refractivity contribution in [1.29, 1.82) is 0 Å². The molecule has 2 atom stereocenters. The van der Waals surface area contributed by atoms with Crippen LogP contribution in [0.2, 0.25) is 0 Å². The molecule has 0 saturated carbocycles. The summed E-state index contributed by atoms with van der Waals surface area (Å²) in [6, 6.07) is 0. The Balaban J connectivity index is 2.48. The number of aliphatic carboxylic acids is 1. The van der Waals surface area contributed by atoms with Crippen LogP contribution in [0.5, 0.6) is 0 Å². The van der Waals surface area contributed by atoms with Crippen LogP contribution in [-0.4, -0.2) is 40.7 Å². The highest BCUT2D eigenvalue weighted by molar-refractivity contribution is 5.77. The molecule has 0 aromatic carbocycles. The van der Waals surface area contributed by atoms with Crippen molar-refractivity contribution in [2.24, 2.45) is 0 Å². The molecule has 0 amide bonds. The standard InChI is InChI=1S/C8H15NO4/c1-5(2)13-6-3-8(12,7(10)11)9-4-6/h5-6,9,12H,3-4H2,1-2H3,(H,10,11)/t6?,8-/m1/s1. The molecule has 5 heteroatoms. The molecule has 0 bridgehead atoms. The molecule has 5 nitrogen and oxygen atoms in total. The van der Waals surface area contributed by atoms with Gasteiger partial charge in [-0.05, 0) is 13.8 Å². The van der Waals surface area contributed by atoms with Gasteiger partial charge in [0.2, 0.25) is 5.72 Å². The van der Waals surface area contributed by atoms with Crippen molar-refractivity contribution in [2.75, 3.05) is 6.54 Å². The van der Waals surface area contributed by atoms with E-state index in [4.69, 9.17) is 9.84 Å². The summed E-state index contributed by atoms with van der Waals surface area (Å²) < 4.78 is 5.37. The molecule has 76 valence electrons. The molecule has 3 N–H and O–H groups in total. The van der Waals surface area contributed by atoms with Crippen molar-refractivity contribution >= 4 is 5.97 Å². The first-order valence-electron chi connectivity index (χ1n) is 4.30. The van der Waals surface area contributed by atoms with Crippen LogP contribution in [0.25, 0.3) is 0 Å². The molecule has 1 saturated heterocycles. The average molecular weight is 189 g/mol. The monoisotopic (exact) mass is 189 g/mol. The third-order valence-electron chi connectivity index (χ3n) is 1.96. The molecular formula is C8H15NO4. The Labute approximate surface area is 76.7 Å². The van der Waals surface area contributed by atoms with Crippen LogP contribution >= 0.6 is 0 Å². The second kappa shape index (κ2) is 3.61. The van der Waals surface area contributed by atoms with E-state index in [1.165, 1.54) is 0 Å². The van der Waals surface area contributed by atoms with E-state index in [1.807, 2.05) is 13.8 Å². The second-order valence-corrected chi connectivity index (χ2v) is 3.56. The Morgan fingerprint density at radius 1 is 1.69 bits per heavy atom. The Morgan fingerprint density at radius 3 is 2.69 bits per heavy atom. The molecular weight excluding hydrogens is 174 g/mol. The summed E-state index contributed by atoms with van der Waals surface area (Å²) in [4.78, 5) is 10.6. The minimum Gasteiger partial charge on any atom is -0.478 e. The summed E-state index contributed by atoms with van der Waals surface area (Å²) in [6.45, 7) is 4.12. The molecule has 1 fully saturated rings. The fraction of sp³-hybridized carbons (Fsp3) is 0.875. The first-order chi connectivity index (χ1) is 5.94. The summed E-state index contributed by atoms with van der Waals surface area (Å²) in [5, 5.41) is 20.6. The number of carboxylic acids is 1. The zero-order valence-electron chi connectivity index (χ0n) is 7.78. The molecule has 1 unspecified atom stereocenters. The second-order valence-electron chi connectivity index (χ2n) is 3.56. The Kier molecular flexibility index (Phi) is 2.90. The molecule has 0 radical (unpaired) electrons. The van der Waals surface area contributed by atoms with Gasteiger partial charge >= 0.3 is 5.97 Å². The molecule has 13 heavy (non-hydrogen) atoms. The predicted octanol–water partition coefficient (Wildman–Crippen LogP) is -0.454. The minimum absolute atomic E-state index is 0.0444. The van der Waals surface area contributed by atoms with Crippen LogP contribution in [0.3, 0.4) is 0 Å². The lowest BCUT2D eigenvalue weighted by Crippen LogP contribution is -2.47. The van der Waals surface area contributed by atoms with Gasteiger partial charge in [0, 0.05) is 13.0 Å². The van der Waals surface area contributed by atoms with Crippen LogP contribution in [0, 0.1) is 0 Å². The molecule has 1 aliphatic rings. The lowest BCUT2D eigenvalue weighted by molar-refractivity contribution is -0.161. The summed E-state index contributed by atoms with van der Waals surface area (Å²) in [5.41, 5.74) is -1.81. The lowest BCUT2D eigenvalue weighted by atomic mass is 10.1. The third kappa shape index (κ3) is 2.40. The van der Waals surface area contributed by atoms with Crippen molar-refractivity contribution in [1.82, 2.24) is 5.32 Å². The predicted molar refractivity (Wildman–Crippen MR) is 45.2 cm³/mol. The number of nitrogens with one attached hydrogen (secondary N) is 1. The Bertz CT molecular complexity index is 206. The number of carbonyl (C=O) groups is 1. The van der Waals surface area contributed by atoms with E-state index in [9.17, 15) is 9.90 Å². The SMILES string of the molecule is CC(C)OC1CN[C@](O)(C(=O)O)C1. The van der Waals surface area contributed by atoms with E-state index in [0.29, 0.717) is 6.54 Å². The normalized spacial score (nSPS) is 34.0. The fourth-order valence-corrected chi connectivity index (χ4v) is 1.40. The van der Waals surface area contributed by atoms with E-state index in [1.54, 1.807) is 0 Å². The van der Waals surface area contributed by atoms with Crippen LogP contribution in [0.1, 0.15) is 20.3 Å². The van der Waals surface area contributed by atoms with Crippen molar-refractivity contribution in [3.05, 3.63) is 0 Å². The summed E-state index contributed by atoms with van der Waals surface area (Å²) in [5.74, 6) is -1.25. The van der Waals surface area contributed by atoms with E-state index >= 15 is 0 Å². The van der Waals surface area contributed by atoms with Gasteiger partial charge in [0.15, 0.2) is 0 Å². The number of ether oxygens (including phenoxy) is 1. The minimum atomic E-state index is -1.81. The number of rotatable bonds is 3. The number of carboxylic acid groups (broad SMARTS) is 1. The molecule has 0 aliphatic carbocycles. The van der Waals surface area contributed by atoms with Crippen LogP contribution in [0.15, 0.2) is 0 Å². The van der Waals surface area contributed by atoms with Crippen molar-refractivity contribution in [3.63, 3.8) is 0 Å². The Morgan fingerprint density at radius 2 is 2.31 bits per heavy atom. The maximum absolute atomic E-state index is 10.6. The van der Waals surface area contributed by atoms with Gasteiger partial charge in [-0.25, -0.2) is 4.79 Å². The summed E-state index contributed by atoms with van der Waals surface area (Å²) in [7, 11) is 0. The molecule has 0 aromatic rings. The molecule has 1 aliphatic heterocycles. The molecule has 1 heterocycles. The topological polar surface area (TPSA) is 78.8 Å². The molecule has 0 aromatic heterocycles. The van der Waals surface area contributed by atoms with Gasteiger partial charge < -0.3 is 14.9 Å². The summed E-state index contributed by atoms with van der Waals surface area (Å²) in [6.07, 6.45) is -0.0791. The van der Waals surface area contributed by atoms with Crippen molar-refractivity contribution < 1.29 is 19.7 Å². The van der Waals surface area contributed by atoms with Crippen LogP contribution in [0.4, 0.5) is 0 Å². The third-order valence-corrected chi connectivity index (χ3v) is 1.96. The van der Waals surface area contributed by atoms with E-state index in [0.717, 1.165) is 0 Å². The largest absolute Gasteiger partial charge is 0.478 e. The van der Waals surface area contributed by atoms with E-state index in [-0.39, 0.29) is 18.6 Å². The first kappa shape index (κ1) is 10.4. The summed E-state index contributed by atoms with van der Waals surface area (Å²) >= 11 is 0. The maximum Gasteiger partial charge on any atom is 0.351 e. The zero-order chi connectivity index (χ0) is 10.1. The van der Waals surface area contributed by atoms with Gasteiger partial charge in [-0.2, -0.15) is 0 Å². The van der Waals surface area contributed by atoms with E-state index < -0.39 is 11.7 Å². The van der Waals surface area contributed by atoms with Gasteiger partial charge in [-0.1, -0.05) is 0 Å². The lowest BCUT2D eigenvalue weighted by Gasteiger charge is -2.17. The number of hydrogen-bond donors (Lipinski definition) is 3. The van der Waals surface area contributed by atoms with Crippen molar-refractivity contribution in [2.45, 2.75) is 38.2 Å². The quantitative estimate of drug-likeness (QED) is 0.560. The van der Waals surface area contributed by atoms with Gasteiger partial charge in [-0.15, -0.1) is 0 Å². The Hall–Kier alpha value is -0.650. The average Bonchev–Trinajstić information content (AvgIpc) is 2.32. The highest BCUT2D eigenvalue weighted by Gasteiger charge is 2.44. The zero-order valence-corrected chi connectivity index (χ0v) is 7.78. The molecule has 1 rings (SSSR count). The smallest absolute Gasteiger partial charge is 0.351 e. The van der Waals surface area contributed by atoms with Gasteiger partial charge in [0.25, 0.3) is 0 Å². The van der Waals surface area contributed by atoms with Gasteiger partial charge in [0.05, 0.1) is 12.2 Å². The fourth-order valence-electron chi connectivity index (χ4n) is 1.40. The van der Waals surface area contributed by atoms with Crippen LogP contribution < -0.4 is 5.32 Å². The number of hydrogen-bond acceptors (Lipinski definition) is 4. The van der Waals surface area contributed by atoms with E-state index in [2.05, 4.69) is 5.32 Å². The van der Waals surface area contributed by atoms with Gasteiger partial charge in [-0.3, -0.25) is 5.32 Å². The molecule has 0 spiro atoms. The van der Waals surface area contributed by atoms with Gasteiger partial charge in [0.1, 0.15) is 0 Å². The first-order valence-corrected chi connectivity index (χ1v) is 4.30. The maximum atomic E-state index is 10.6.